The van der Waals surface area contributed by atoms with Crippen LogP contribution in [0, 0.1) is 0 Å². The number of amides is 2. The van der Waals surface area contributed by atoms with Crippen molar-refractivity contribution >= 4 is 17.1 Å². The minimum atomic E-state index is -4.28. The fourth-order valence-corrected chi connectivity index (χ4v) is 2.90. The number of benzene rings is 1. The standard InChI is InChI=1S/C16H19F3N4O2/c1-25-11(8-16(17,18)19)7-14-21-12-3-2-10(6-13(12)22-14)9-23-5-4-20-15(23)24/h2-3,6,11H,4-5,7-9H2,1H3,(H,20,24)(H,21,22). The summed E-state index contributed by atoms with van der Waals surface area (Å²) >= 11 is 0. The van der Waals surface area contributed by atoms with Crippen LogP contribution in [0.25, 0.3) is 11.0 Å². The lowest BCUT2D eigenvalue weighted by Gasteiger charge is -2.15. The van der Waals surface area contributed by atoms with Crippen LogP contribution in [0.4, 0.5) is 18.0 Å². The smallest absolute Gasteiger partial charge is 0.381 e. The number of imidazole rings is 1. The van der Waals surface area contributed by atoms with E-state index in [9.17, 15) is 18.0 Å². The molecule has 0 saturated carbocycles. The number of alkyl halides is 3. The van der Waals surface area contributed by atoms with Gasteiger partial charge in [0.25, 0.3) is 0 Å². The number of nitrogens with one attached hydrogen (secondary N) is 2. The number of carbonyl (C=O) groups is 1. The number of carbonyl (C=O) groups excluding carboxylic acids is 1. The zero-order chi connectivity index (χ0) is 18.0. The first kappa shape index (κ1) is 17.5. The largest absolute Gasteiger partial charge is 0.391 e. The Hall–Kier alpha value is -2.29. The van der Waals surface area contributed by atoms with E-state index in [2.05, 4.69) is 15.3 Å². The summed E-state index contributed by atoms with van der Waals surface area (Å²) in [6.07, 6.45) is -6.23. The van der Waals surface area contributed by atoms with Gasteiger partial charge in [-0.05, 0) is 17.7 Å². The number of methoxy groups -OCH3 is 1. The first-order chi connectivity index (χ1) is 11.8. The minimum absolute atomic E-state index is 0.0502. The van der Waals surface area contributed by atoms with Gasteiger partial charge in [-0.1, -0.05) is 6.07 Å². The molecule has 0 bridgehead atoms. The molecule has 6 nitrogen and oxygen atoms in total. The predicted molar refractivity (Wildman–Crippen MR) is 85.1 cm³/mol. The maximum Gasteiger partial charge on any atom is 0.391 e. The molecule has 1 aromatic carbocycles. The van der Waals surface area contributed by atoms with Gasteiger partial charge in [0.05, 0.1) is 23.6 Å². The molecular weight excluding hydrogens is 337 g/mol. The Morgan fingerprint density at radius 2 is 2.20 bits per heavy atom. The van der Waals surface area contributed by atoms with Crippen LogP contribution in [-0.4, -0.2) is 53.4 Å². The number of nitrogens with zero attached hydrogens (tertiary/aromatic N) is 2. The number of aromatic nitrogens is 2. The Morgan fingerprint density at radius 1 is 1.40 bits per heavy atom. The maximum atomic E-state index is 12.5. The van der Waals surface area contributed by atoms with Crippen LogP contribution in [0.2, 0.25) is 0 Å². The molecule has 3 rings (SSSR count). The van der Waals surface area contributed by atoms with Crippen molar-refractivity contribution in [3.8, 4) is 0 Å². The molecule has 0 aliphatic carbocycles. The number of hydrogen-bond acceptors (Lipinski definition) is 3. The van der Waals surface area contributed by atoms with E-state index in [-0.39, 0.29) is 12.5 Å². The Balaban J connectivity index is 1.72. The van der Waals surface area contributed by atoms with Gasteiger partial charge in [-0.15, -0.1) is 0 Å². The number of aromatic amines is 1. The van der Waals surface area contributed by atoms with Crippen molar-refractivity contribution in [2.75, 3.05) is 20.2 Å². The van der Waals surface area contributed by atoms with E-state index in [1.54, 1.807) is 11.0 Å². The maximum absolute atomic E-state index is 12.5. The average molecular weight is 356 g/mol. The van der Waals surface area contributed by atoms with Crippen molar-refractivity contribution in [3.63, 3.8) is 0 Å². The monoisotopic (exact) mass is 356 g/mol. The fourth-order valence-electron chi connectivity index (χ4n) is 2.90. The van der Waals surface area contributed by atoms with Crippen LogP contribution in [0.5, 0.6) is 0 Å². The zero-order valence-electron chi connectivity index (χ0n) is 13.7. The van der Waals surface area contributed by atoms with E-state index in [1.165, 1.54) is 7.11 Å². The van der Waals surface area contributed by atoms with Gasteiger partial charge in [0.2, 0.25) is 0 Å². The lowest BCUT2D eigenvalue weighted by molar-refractivity contribution is -0.157. The van der Waals surface area contributed by atoms with Gasteiger partial charge in [0.1, 0.15) is 5.82 Å². The second kappa shape index (κ2) is 6.91. The lowest BCUT2D eigenvalue weighted by atomic mass is 10.2. The third kappa shape index (κ3) is 4.41. The van der Waals surface area contributed by atoms with Crippen molar-refractivity contribution in [2.24, 2.45) is 0 Å². The number of urea groups is 1. The normalized spacial score (nSPS) is 16.5. The number of ether oxygens (including phenoxy) is 1. The molecule has 25 heavy (non-hydrogen) atoms. The van der Waals surface area contributed by atoms with E-state index in [4.69, 9.17) is 4.74 Å². The fraction of sp³-hybridized carbons (Fsp3) is 0.500. The van der Waals surface area contributed by atoms with Crippen molar-refractivity contribution in [3.05, 3.63) is 29.6 Å². The molecule has 2 aromatic rings. The number of rotatable bonds is 6. The van der Waals surface area contributed by atoms with Gasteiger partial charge in [-0.3, -0.25) is 0 Å². The number of hydrogen-bond donors (Lipinski definition) is 2. The van der Waals surface area contributed by atoms with Crippen LogP contribution in [0.3, 0.4) is 0 Å². The molecule has 2 amide bonds. The summed E-state index contributed by atoms with van der Waals surface area (Å²) in [7, 11) is 1.26. The Morgan fingerprint density at radius 3 is 2.84 bits per heavy atom. The highest BCUT2D eigenvalue weighted by molar-refractivity contribution is 5.77. The molecule has 1 aromatic heterocycles. The Labute approximate surface area is 142 Å². The molecule has 9 heteroatoms. The van der Waals surface area contributed by atoms with Crippen molar-refractivity contribution < 1.29 is 22.7 Å². The number of fused-ring (bicyclic) bond motifs is 1. The van der Waals surface area contributed by atoms with Crippen molar-refractivity contribution in [1.29, 1.82) is 0 Å². The highest BCUT2D eigenvalue weighted by Crippen LogP contribution is 2.25. The first-order valence-corrected chi connectivity index (χ1v) is 7.94. The second-order valence-electron chi connectivity index (χ2n) is 6.07. The molecule has 1 atom stereocenters. The average Bonchev–Trinajstić information content (AvgIpc) is 3.11. The third-order valence-corrected chi connectivity index (χ3v) is 4.13. The van der Waals surface area contributed by atoms with Gasteiger partial charge in [0.15, 0.2) is 0 Å². The van der Waals surface area contributed by atoms with Crippen LogP contribution in [-0.2, 0) is 17.7 Å². The Bertz CT molecular complexity index is 759. The van der Waals surface area contributed by atoms with Gasteiger partial charge in [0, 0.05) is 33.2 Å². The van der Waals surface area contributed by atoms with E-state index < -0.39 is 18.7 Å². The highest BCUT2D eigenvalue weighted by Gasteiger charge is 2.32. The molecule has 1 saturated heterocycles. The van der Waals surface area contributed by atoms with Gasteiger partial charge in [-0.2, -0.15) is 13.2 Å². The second-order valence-corrected chi connectivity index (χ2v) is 6.07. The minimum Gasteiger partial charge on any atom is -0.381 e. The summed E-state index contributed by atoms with van der Waals surface area (Å²) in [6, 6.07) is 5.43. The summed E-state index contributed by atoms with van der Waals surface area (Å²) in [4.78, 5) is 20.7. The number of H-pyrrole nitrogens is 1. The molecular formula is C16H19F3N4O2. The van der Waals surface area contributed by atoms with E-state index in [0.29, 0.717) is 31.0 Å². The third-order valence-electron chi connectivity index (χ3n) is 4.13. The predicted octanol–water partition coefficient (Wildman–Crippen LogP) is 2.60. The van der Waals surface area contributed by atoms with Crippen LogP contribution >= 0.6 is 0 Å². The van der Waals surface area contributed by atoms with Gasteiger partial charge < -0.3 is 19.9 Å². The number of halogens is 3. The summed E-state index contributed by atoms with van der Waals surface area (Å²) in [5.41, 5.74) is 2.33. The van der Waals surface area contributed by atoms with Crippen LogP contribution in [0.1, 0.15) is 17.8 Å². The molecule has 2 N–H and O–H groups in total. The van der Waals surface area contributed by atoms with Gasteiger partial charge in [-0.25, -0.2) is 9.78 Å². The Kier molecular flexibility index (Phi) is 4.85. The SMILES string of the molecule is COC(Cc1nc2ccc(CN3CCNC3=O)cc2[nH]1)CC(F)(F)F. The molecule has 1 aliphatic heterocycles. The molecule has 136 valence electrons. The van der Waals surface area contributed by atoms with E-state index in [0.717, 1.165) is 11.1 Å². The van der Waals surface area contributed by atoms with Crippen molar-refractivity contribution in [1.82, 2.24) is 20.2 Å². The topological polar surface area (TPSA) is 70.2 Å². The van der Waals surface area contributed by atoms with Crippen LogP contribution < -0.4 is 5.32 Å². The molecule has 1 aliphatic rings. The molecule has 1 fully saturated rings. The first-order valence-electron chi connectivity index (χ1n) is 7.94. The van der Waals surface area contributed by atoms with Gasteiger partial charge >= 0.3 is 12.2 Å². The van der Waals surface area contributed by atoms with E-state index in [1.807, 2.05) is 12.1 Å². The molecule has 2 heterocycles. The molecule has 0 spiro atoms. The summed E-state index contributed by atoms with van der Waals surface area (Å²) < 4.78 is 42.5. The zero-order valence-corrected chi connectivity index (χ0v) is 13.7. The van der Waals surface area contributed by atoms with Crippen LogP contribution in [0.15, 0.2) is 18.2 Å². The van der Waals surface area contributed by atoms with E-state index >= 15 is 0 Å². The highest BCUT2D eigenvalue weighted by atomic mass is 19.4. The van der Waals surface area contributed by atoms with Crippen molar-refractivity contribution in [2.45, 2.75) is 31.7 Å². The quantitative estimate of drug-likeness (QED) is 0.836. The molecule has 1 unspecified atom stereocenters. The molecule has 0 radical (unpaired) electrons. The lowest BCUT2D eigenvalue weighted by Crippen LogP contribution is -2.27. The summed E-state index contributed by atoms with van der Waals surface area (Å²) in [5, 5.41) is 2.74. The summed E-state index contributed by atoms with van der Waals surface area (Å²) in [6.45, 7) is 1.76. The summed E-state index contributed by atoms with van der Waals surface area (Å²) in [5.74, 6) is 0.446.